The molecule has 0 fully saturated rings. The number of nitrogens with two attached hydrogens (primary N) is 1. The van der Waals surface area contributed by atoms with Gasteiger partial charge in [0.05, 0.1) is 4.92 Å². The highest BCUT2D eigenvalue weighted by molar-refractivity contribution is 7.13. The minimum Gasteiger partial charge on any atom is -0.329 e. The highest BCUT2D eigenvalue weighted by Crippen LogP contribution is 2.22. The average Bonchev–Trinajstić information content (AvgIpc) is 2.53. The topological polar surface area (TPSA) is 81.2 Å². The average molecular weight is 201 g/mol. The van der Waals surface area contributed by atoms with Crippen LogP contribution >= 0.6 is 11.3 Å². The van der Waals surface area contributed by atoms with E-state index in [1.54, 1.807) is 11.4 Å². The van der Waals surface area contributed by atoms with Crippen molar-refractivity contribution in [2.24, 2.45) is 5.73 Å². The van der Waals surface area contributed by atoms with Crippen LogP contribution in [0.15, 0.2) is 11.4 Å². The number of hydrogen-bond donors (Lipinski definition) is 2. The second kappa shape index (κ2) is 4.90. The van der Waals surface area contributed by atoms with E-state index in [9.17, 15) is 10.1 Å². The highest BCUT2D eigenvalue weighted by Gasteiger charge is 2.08. The van der Waals surface area contributed by atoms with E-state index in [1.807, 2.05) is 0 Å². The van der Waals surface area contributed by atoms with Gasteiger partial charge in [0, 0.05) is 31.1 Å². The Bertz CT molecular complexity index is 287. The molecule has 1 heterocycles. The van der Waals surface area contributed by atoms with Gasteiger partial charge in [0.25, 0.3) is 0 Å². The minimum atomic E-state index is -0.378. The van der Waals surface area contributed by atoms with Gasteiger partial charge < -0.3 is 11.1 Å². The Morgan fingerprint density at radius 1 is 1.69 bits per heavy atom. The third kappa shape index (κ3) is 3.10. The number of hydrogen-bond acceptors (Lipinski definition) is 5. The van der Waals surface area contributed by atoms with Crippen molar-refractivity contribution in [2.75, 3.05) is 13.1 Å². The number of nitrogens with one attached hydrogen (secondary N) is 1. The lowest BCUT2D eigenvalue weighted by molar-refractivity contribution is -0.380. The van der Waals surface area contributed by atoms with E-state index in [2.05, 4.69) is 5.32 Å². The maximum atomic E-state index is 10.3. The van der Waals surface area contributed by atoms with Crippen molar-refractivity contribution in [2.45, 2.75) is 6.54 Å². The molecule has 0 bridgehead atoms. The van der Waals surface area contributed by atoms with E-state index in [1.165, 1.54) is 0 Å². The monoisotopic (exact) mass is 201 g/mol. The summed E-state index contributed by atoms with van der Waals surface area (Å²) in [6.45, 7) is 1.94. The van der Waals surface area contributed by atoms with E-state index < -0.39 is 0 Å². The maximum absolute atomic E-state index is 10.3. The Balaban J connectivity index is 2.44. The zero-order valence-electron chi connectivity index (χ0n) is 7.03. The fraction of sp³-hybridized carbons (Fsp3) is 0.429. The van der Waals surface area contributed by atoms with Crippen molar-refractivity contribution in [1.82, 2.24) is 5.32 Å². The van der Waals surface area contributed by atoms with Crippen molar-refractivity contribution in [3.8, 4) is 0 Å². The van der Waals surface area contributed by atoms with Crippen molar-refractivity contribution in [3.63, 3.8) is 0 Å². The molecular weight excluding hydrogens is 190 g/mol. The van der Waals surface area contributed by atoms with Crippen molar-refractivity contribution in [3.05, 3.63) is 27.1 Å². The van der Waals surface area contributed by atoms with Crippen LogP contribution in [0.25, 0.3) is 0 Å². The van der Waals surface area contributed by atoms with Gasteiger partial charge in [0.15, 0.2) is 0 Å². The third-order valence-corrected chi connectivity index (χ3v) is 2.40. The first-order chi connectivity index (χ1) is 6.24. The van der Waals surface area contributed by atoms with E-state index in [0.717, 1.165) is 23.4 Å². The lowest BCUT2D eigenvalue weighted by atomic mass is 10.3. The van der Waals surface area contributed by atoms with Gasteiger partial charge in [-0.15, -0.1) is 0 Å². The highest BCUT2D eigenvalue weighted by atomic mass is 32.1. The second-order valence-electron chi connectivity index (χ2n) is 2.52. The molecule has 1 aromatic heterocycles. The molecule has 0 spiro atoms. The van der Waals surface area contributed by atoms with Crippen LogP contribution in [-0.4, -0.2) is 18.0 Å². The van der Waals surface area contributed by atoms with Gasteiger partial charge in [-0.3, -0.25) is 10.1 Å². The smallest absolute Gasteiger partial charge is 0.324 e. The number of rotatable bonds is 5. The summed E-state index contributed by atoms with van der Waals surface area (Å²) in [6.07, 6.45) is 0. The fourth-order valence-corrected chi connectivity index (χ4v) is 1.61. The summed E-state index contributed by atoms with van der Waals surface area (Å²) in [5, 5.41) is 15.3. The molecule has 13 heavy (non-hydrogen) atoms. The molecule has 0 unspecified atom stereocenters. The molecule has 1 rings (SSSR count). The van der Waals surface area contributed by atoms with E-state index in [4.69, 9.17) is 5.73 Å². The van der Waals surface area contributed by atoms with Gasteiger partial charge in [-0.2, -0.15) is 0 Å². The maximum Gasteiger partial charge on any atom is 0.324 e. The van der Waals surface area contributed by atoms with Crippen LogP contribution in [0.2, 0.25) is 0 Å². The van der Waals surface area contributed by atoms with E-state index >= 15 is 0 Å². The zero-order chi connectivity index (χ0) is 9.68. The van der Waals surface area contributed by atoms with E-state index in [-0.39, 0.29) is 9.92 Å². The van der Waals surface area contributed by atoms with Gasteiger partial charge in [-0.25, -0.2) is 0 Å². The quantitative estimate of drug-likeness (QED) is 0.417. The summed E-state index contributed by atoms with van der Waals surface area (Å²) in [7, 11) is 0. The molecule has 1 aromatic rings. The van der Waals surface area contributed by atoms with E-state index in [0.29, 0.717) is 13.1 Å². The molecule has 0 amide bonds. The molecule has 0 atom stereocenters. The van der Waals surface area contributed by atoms with Crippen molar-refractivity contribution in [1.29, 1.82) is 0 Å². The molecule has 0 aliphatic heterocycles. The fourth-order valence-electron chi connectivity index (χ4n) is 0.886. The number of nitrogens with zero attached hydrogens (tertiary/aromatic N) is 1. The standard InChI is InChI=1S/C7H11N3O2S/c8-1-2-9-4-6-3-7(10(11)12)13-5-6/h3,5,9H,1-2,4,8H2. The van der Waals surface area contributed by atoms with Gasteiger partial charge in [-0.1, -0.05) is 11.3 Å². The second-order valence-corrected chi connectivity index (χ2v) is 3.41. The van der Waals surface area contributed by atoms with Crippen LogP contribution < -0.4 is 11.1 Å². The summed E-state index contributed by atoms with van der Waals surface area (Å²) in [5.41, 5.74) is 6.21. The van der Waals surface area contributed by atoms with Crippen LogP contribution in [0.1, 0.15) is 5.56 Å². The molecule has 6 heteroatoms. The van der Waals surface area contributed by atoms with Crippen LogP contribution in [-0.2, 0) is 6.54 Å². The molecule has 3 N–H and O–H groups in total. The van der Waals surface area contributed by atoms with Crippen LogP contribution in [0.5, 0.6) is 0 Å². The SMILES string of the molecule is NCCNCc1csc([N+](=O)[O-])c1. The number of thiophene rings is 1. The summed E-state index contributed by atoms with van der Waals surface area (Å²) < 4.78 is 0. The van der Waals surface area contributed by atoms with Crippen LogP contribution in [0.3, 0.4) is 0 Å². The number of nitro groups is 1. The Morgan fingerprint density at radius 3 is 3.00 bits per heavy atom. The summed E-state index contributed by atoms with van der Waals surface area (Å²) in [4.78, 5) is 9.94. The lowest BCUT2D eigenvalue weighted by Gasteiger charge is -1.97. The molecule has 5 nitrogen and oxygen atoms in total. The molecule has 0 aliphatic carbocycles. The molecule has 0 aliphatic rings. The first kappa shape index (κ1) is 10.1. The van der Waals surface area contributed by atoms with Gasteiger partial charge in [0.2, 0.25) is 0 Å². The molecule has 0 saturated heterocycles. The first-order valence-electron chi connectivity index (χ1n) is 3.86. The van der Waals surface area contributed by atoms with Crippen molar-refractivity contribution < 1.29 is 4.92 Å². The Hall–Kier alpha value is -0.980. The van der Waals surface area contributed by atoms with Gasteiger partial charge in [0.1, 0.15) is 0 Å². The zero-order valence-corrected chi connectivity index (χ0v) is 7.84. The molecule has 72 valence electrons. The Kier molecular flexibility index (Phi) is 3.81. The molecule has 0 aromatic carbocycles. The van der Waals surface area contributed by atoms with Crippen LogP contribution in [0.4, 0.5) is 5.00 Å². The summed E-state index contributed by atoms with van der Waals surface area (Å²) >= 11 is 1.15. The Labute approximate surface area is 79.7 Å². The first-order valence-corrected chi connectivity index (χ1v) is 4.74. The van der Waals surface area contributed by atoms with Crippen molar-refractivity contribution >= 4 is 16.3 Å². The summed E-state index contributed by atoms with van der Waals surface area (Å²) in [5.74, 6) is 0. The largest absolute Gasteiger partial charge is 0.329 e. The molecular formula is C7H11N3O2S. The predicted molar refractivity (Wildman–Crippen MR) is 51.7 cm³/mol. The lowest BCUT2D eigenvalue weighted by Crippen LogP contribution is -2.21. The molecule has 0 radical (unpaired) electrons. The molecule has 0 saturated carbocycles. The van der Waals surface area contributed by atoms with Gasteiger partial charge >= 0.3 is 5.00 Å². The minimum absolute atomic E-state index is 0.185. The summed E-state index contributed by atoms with van der Waals surface area (Å²) in [6, 6.07) is 1.58. The predicted octanol–water partition coefficient (Wildman–Crippen LogP) is 0.705. The normalized spacial score (nSPS) is 10.2. The third-order valence-electron chi connectivity index (χ3n) is 1.47. The van der Waals surface area contributed by atoms with Gasteiger partial charge in [-0.05, 0) is 5.56 Å². The Morgan fingerprint density at radius 2 is 2.46 bits per heavy atom. The van der Waals surface area contributed by atoms with Crippen LogP contribution in [0, 0.1) is 10.1 Å².